The molecule has 16 aromatic carbocycles. The van der Waals surface area contributed by atoms with E-state index in [1.54, 1.807) is 0 Å². The lowest BCUT2D eigenvalue weighted by atomic mass is 9.89. The first-order valence-electron chi connectivity index (χ1n) is 29.1. The van der Waals surface area contributed by atoms with Gasteiger partial charge in [-0.3, -0.25) is 0 Å². The molecule has 0 bridgehead atoms. The summed E-state index contributed by atoms with van der Waals surface area (Å²) < 4.78 is 0. The molecule has 0 fully saturated rings. The van der Waals surface area contributed by atoms with Gasteiger partial charge in [-0.2, -0.15) is 0 Å². The Morgan fingerprint density at radius 1 is 0.0833 bits per heavy atom. The monoisotopic (exact) mass is 1060 g/mol. The zero-order valence-corrected chi connectivity index (χ0v) is 46.2. The molecule has 0 heteroatoms. The number of hydrogen-bond donors (Lipinski definition) is 0. The fourth-order valence-corrected chi connectivity index (χ4v) is 13.2. The van der Waals surface area contributed by atoms with Crippen LogP contribution in [0.15, 0.2) is 328 Å². The van der Waals surface area contributed by atoms with Crippen LogP contribution >= 0.6 is 0 Å². The highest BCUT2D eigenvalue weighted by molar-refractivity contribution is 6.27. The maximum absolute atomic E-state index is 2.38. The smallest absolute Gasteiger partial charge is 0.00928 e. The van der Waals surface area contributed by atoms with Crippen LogP contribution < -0.4 is 0 Å². The van der Waals surface area contributed by atoms with Crippen molar-refractivity contribution < 1.29 is 0 Å². The van der Waals surface area contributed by atoms with Crippen LogP contribution in [0.4, 0.5) is 0 Å². The van der Waals surface area contributed by atoms with Crippen LogP contribution in [0.25, 0.3) is 165 Å². The van der Waals surface area contributed by atoms with Gasteiger partial charge in [-0.05, 0) is 225 Å². The van der Waals surface area contributed by atoms with Crippen molar-refractivity contribution in [3.05, 3.63) is 328 Å². The van der Waals surface area contributed by atoms with Gasteiger partial charge < -0.3 is 0 Å². The summed E-state index contributed by atoms with van der Waals surface area (Å²) in [6, 6.07) is 121. The SMILES string of the molecule is c1ccc(-c2cc(-c3ccc(-c4cccc(-c5ccc6c7ccccc7c7ccccc7c6c5)c4)cc3)cc(-c3cc(-c4ccccc4)cc(-c4ccc(-c5cccc(-c6ccc7c8ccccc8c8ccccc8c7c6)c5)cc4)c3)c2)cc1. The molecule has 16 aromatic rings. The molecule has 0 spiro atoms. The molecule has 0 aromatic heterocycles. The van der Waals surface area contributed by atoms with Crippen molar-refractivity contribution in [2.24, 2.45) is 0 Å². The lowest BCUT2D eigenvalue weighted by molar-refractivity contribution is 1.54. The van der Waals surface area contributed by atoms with Gasteiger partial charge in [0.15, 0.2) is 0 Å². The van der Waals surface area contributed by atoms with E-state index in [4.69, 9.17) is 0 Å². The Labute approximate surface area is 489 Å². The predicted octanol–water partition coefficient (Wildman–Crippen LogP) is 23.6. The van der Waals surface area contributed by atoms with Crippen LogP contribution in [-0.4, -0.2) is 0 Å². The molecule has 390 valence electrons. The normalized spacial score (nSPS) is 11.6. The van der Waals surface area contributed by atoms with Crippen molar-refractivity contribution in [2.45, 2.75) is 0 Å². The van der Waals surface area contributed by atoms with Gasteiger partial charge in [-0.1, -0.05) is 267 Å². The van der Waals surface area contributed by atoms with Gasteiger partial charge in [0.05, 0.1) is 0 Å². The molecule has 84 heavy (non-hydrogen) atoms. The van der Waals surface area contributed by atoms with Crippen LogP contribution in [0.2, 0.25) is 0 Å². The molecule has 0 aliphatic heterocycles. The van der Waals surface area contributed by atoms with E-state index >= 15 is 0 Å². The third-order valence-electron chi connectivity index (χ3n) is 17.4. The van der Waals surface area contributed by atoms with E-state index in [9.17, 15) is 0 Å². The lowest BCUT2D eigenvalue weighted by Crippen LogP contribution is -1.89. The van der Waals surface area contributed by atoms with Crippen molar-refractivity contribution in [1.82, 2.24) is 0 Å². The standard InChI is InChI=1S/C84H54/c1-3-17-55(18-4-1)67-47-69(59-37-33-57(34-38-59)61-21-15-23-63(45-61)65-41-43-81-77-29-9-7-25-73(77)75-27-11-13-31-79(75)83(81)53-65)51-71(49-67)72-50-68(56-19-5-2-6-20-56)48-70(52-72)60-39-35-58(36-40-60)62-22-16-24-64(46-62)66-42-44-82-78-30-10-8-26-74(78)76-28-12-14-32-80(76)84(82)54-66/h1-54H. The van der Waals surface area contributed by atoms with Crippen molar-refractivity contribution in [1.29, 1.82) is 0 Å². The Morgan fingerprint density at radius 2 is 0.250 bits per heavy atom. The summed E-state index contributed by atoms with van der Waals surface area (Å²) in [6.45, 7) is 0. The number of fused-ring (bicyclic) bond motifs is 12. The van der Waals surface area contributed by atoms with Crippen molar-refractivity contribution in [2.75, 3.05) is 0 Å². The fourth-order valence-electron chi connectivity index (χ4n) is 13.2. The van der Waals surface area contributed by atoms with Gasteiger partial charge in [0, 0.05) is 0 Å². The summed E-state index contributed by atoms with van der Waals surface area (Å²) in [5.74, 6) is 0. The molecule has 16 rings (SSSR count). The second-order valence-electron chi connectivity index (χ2n) is 22.3. The fraction of sp³-hybridized carbons (Fsp3) is 0. The maximum Gasteiger partial charge on any atom is -0.00928 e. The zero-order valence-electron chi connectivity index (χ0n) is 46.2. The topological polar surface area (TPSA) is 0 Å². The van der Waals surface area contributed by atoms with Gasteiger partial charge in [-0.25, -0.2) is 0 Å². The maximum atomic E-state index is 2.38. The average molecular weight is 1060 g/mol. The molecule has 0 atom stereocenters. The Bertz CT molecular complexity index is 4800. The van der Waals surface area contributed by atoms with Gasteiger partial charge in [-0.15, -0.1) is 0 Å². The molecular weight excluding hydrogens is 1010 g/mol. The highest BCUT2D eigenvalue weighted by Crippen LogP contribution is 2.42. The van der Waals surface area contributed by atoms with E-state index in [-0.39, 0.29) is 0 Å². The van der Waals surface area contributed by atoms with E-state index in [1.165, 1.54) is 165 Å². The third-order valence-corrected chi connectivity index (χ3v) is 17.4. The van der Waals surface area contributed by atoms with Gasteiger partial charge >= 0.3 is 0 Å². The molecule has 0 N–H and O–H groups in total. The lowest BCUT2D eigenvalue weighted by Gasteiger charge is -2.15. The Morgan fingerprint density at radius 3 is 0.548 bits per heavy atom. The summed E-state index contributed by atoms with van der Waals surface area (Å²) >= 11 is 0. The number of hydrogen-bond acceptors (Lipinski definition) is 0. The minimum Gasteiger partial charge on any atom is -0.0622 e. The summed E-state index contributed by atoms with van der Waals surface area (Å²) in [4.78, 5) is 0. The van der Waals surface area contributed by atoms with E-state index < -0.39 is 0 Å². The number of benzene rings is 16. The van der Waals surface area contributed by atoms with Gasteiger partial charge in [0.25, 0.3) is 0 Å². The van der Waals surface area contributed by atoms with Crippen LogP contribution in [0.5, 0.6) is 0 Å². The summed E-state index contributed by atoms with van der Waals surface area (Å²) in [5.41, 5.74) is 21.3. The van der Waals surface area contributed by atoms with Crippen LogP contribution in [0, 0.1) is 0 Å². The van der Waals surface area contributed by atoms with Gasteiger partial charge in [0.2, 0.25) is 0 Å². The molecule has 0 nitrogen and oxygen atoms in total. The van der Waals surface area contributed by atoms with Gasteiger partial charge in [0.1, 0.15) is 0 Å². The molecule has 0 amide bonds. The summed E-state index contributed by atoms with van der Waals surface area (Å²) in [5, 5.41) is 15.5. The second kappa shape index (κ2) is 20.6. The first-order valence-corrected chi connectivity index (χ1v) is 29.1. The first-order chi connectivity index (χ1) is 41.6. The molecule has 0 heterocycles. The molecular formula is C84H54. The average Bonchev–Trinajstić information content (AvgIpc) is 2.41. The highest BCUT2D eigenvalue weighted by Gasteiger charge is 2.16. The van der Waals surface area contributed by atoms with Crippen molar-refractivity contribution >= 4 is 64.6 Å². The van der Waals surface area contributed by atoms with Crippen molar-refractivity contribution in [3.63, 3.8) is 0 Å². The molecule has 0 saturated heterocycles. The molecule has 0 saturated carbocycles. The van der Waals surface area contributed by atoms with E-state index in [0.29, 0.717) is 0 Å². The molecule has 0 aliphatic carbocycles. The second-order valence-corrected chi connectivity index (χ2v) is 22.3. The van der Waals surface area contributed by atoms with Crippen molar-refractivity contribution in [3.8, 4) is 100 Å². The Balaban J connectivity index is 0.735. The largest absolute Gasteiger partial charge is 0.0622 e. The molecule has 0 radical (unpaired) electrons. The minimum absolute atomic E-state index is 1.17. The minimum atomic E-state index is 1.17. The summed E-state index contributed by atoms with van der Waals surface area (Å²) in [6.07, 6.45) is 0. The van der Waals surface area contributed by atoms with E-state index in [1.807, 2.05) is 0 Å². The first kappa shape index (κ1) is 48.9. The zero-order chi connectivity index (χ0) is 55.5. The van der Waals surface area contributed by atoms with E-state index in [0.717, 1.165) is 0 Å². The molecule has 0 aliphatic rings. The number of rotatable bonds is 9. The van der Waals surface area contributed by atoms with Crippen LogP contribution in [0.1, 0.15) is 0 Å². The highest BCUT2D eigenvalue weighted by atomic mass is 14.2. The predicted molar refractivity (Wildman–Crippen MR) is 360 cm³/mol. The third kappa shape index (κ3) is 8.81. The molecule has 0 unspecified atom stereocenters. The van der Waals surface area contributed by atoms with Crippen LogP contribution in [0.3, 0.4) is 0 Å². The van der Waals surface area contributed by atoms with Crippen LogP contribution in [-0.2, 0) is 0 Å². The Hall–Kier alpha value is -10.9. The van der Waals surface area contributed by atoms with E-state index in [2.05, 4.69) is 328 Å². The Kier molecular flexibility index (Phi) is 12.0. The quantitative estimate of drug-likeness (QED) is 0.126. The summed E-state index contributed by atoms with van der Waals surface area (Å²) in [7, 11) is 0.